The first-order chi connectivity index (χ1) is 9.11. The molecule has 0 aliphatic carbocycles. The largest absolute Gasteiger partial charge is 0.722 e. The number of non-ortho nitro benzene ring substituents is 1. The molecule has 1 aromatic heterocycles. The quantitative estimate of drug-likeness (QED) is 0.258. The summed E-state index contributed by atoms with van der Waals surface area (Å²) in [6.45, 7) is 0. The third-order valence-electron chi connectivity index (χ3n) is 2.26. The highest BCUT2D eigenvalue weighted by molar-refractivity contribution is 7.80. The van der Waals surface area contributed by atoms with E-state index >= 15 is 0 Å². The molecule has 0 aliphatic heterocycles. The van der Waals surface area contributed by atoms with E-state index in [2.05, 4.69) is 0 Å². The third-order valence-corrected chi connectivity index (χ3v) is 2.26. The average molecular weight is 306 g/mol. The fourth-order valence-corrected chi connectivity index (χ4v) is 1.59. The number of aromatic nitrogens is 1. The first-order valence-corrected chi connectivity index (χ1v) is 6.29. The second-order valence-corrected chi connectivity index (χ2v) is 4.38. The summed E-state index contributed by atoms with van der Waals surface area (Å²) in [6.07, 6.45) is 1.65. The predicted octanol–water partition coefficient (Wildman–Crippen LogP) is 1.13. The summed E-state index contributed by atoms with van der Waals surface area (Å²) in [5, 5.41) is 11.0. The fraction of sp³-hybridized carbons (Fsp3) is 0.100. The molecule has 0 aliphatic rings. The highest BCUT2D eigenvalue weighted by Crippen LogP contribution is 2.23. The molecule has 0 saturated carbocycles. The van der Waals surface area contributed by atoms with Gasteiger partial charge < -0.3 is 4.55 Å². The van der Waals surface area contributed by atoms with Crippen molar-refractivity contribution in [1.82, 2.24) is 0 Å². The van der Waals surface area contributed by atoms with E-state index in [1.807, 2.05) is 0 Å². The second kappa shape index (κ2) is 5.84. The van der Waals surface area contributed by atoms with E-state index in [0.29, 0.717) is 5.52 Å². The molecule has 2 rings (SSSR count). The second-order valence-electron chi connectivity index (χ2n) is 3.60. The zero-order valence-electron chi connectivity index (χ0n) is 9.99. The van der Waals surface area contributed by atoms with Crippen molar-refractivity contribution >= 4 is 27.1 Å². The van der Waals surface area contributed by atoms with Crippen molar-refractivity contribution in [1.29, 1.82) is 0 Å². The van der Waals surface area contributed by atoms with Crippen LogP contribution in [0.5, 0.6) is 0 Å². The van der Waals surface area contributed by atoms with Crippen molar-refractivity contribution in [2.45, 2.75) is 0 Å². The molecule has 0 spiro atoms. The van der Waals surface area contributed by atoms with Gasteiger partial charge in [0.1, 0.15) is 12.9 Å². The summed E-state index contributed by atoms with van der Waals surface area (Å²) in [6, 6.07) is 5.46. The van der Waals surface area contributed by atoms with E-state index in [0.717, 1.165) is 6.07 Å². The number of aryl methyl sites for hydroxylation is 1. The van der Waals surface area contributed by atoms with Crippen LogP contribution in [0.4, 0.5) is 14.0 Å². The molecule has 108 valence electrons. The van der Waals surface area contributed by atoms with Crippen LogP contribution in [0.3, 0.4) is 0 Å². The van der Waals surface area contributed by atoms with Crippen molar-refractivity contribution in [2.75, 3.05) is 0 Å². The van der Waals surface area contributed by atoms with Gasteiger partial charge >= 0.3 is 5.69 Å². The Bertz CT molecular complexity index is 756. The minimum Gasteiger partial charge on any atom is -0.722 e. The molecule has 0 amide bonds. The SMILES string of the molecule is C[n+]1cccc2c(F)ccc([N+](=O)[O-])c21.O=S(=O)([O-])F. The van der Waals surface area contributed by atoms with Crippen LogP contribution in [0.15, 0.2) is 30.5 Å². The first-order valence-electron chi connectivity index (χ1n) is 4.98. The summed E-state index contributed by atoms with van der Waals surface area (Å²) >= 11 is 0. The number of hydrogen-bond donors (Lipinski definition) is 0. The van der Waals surface area contributed by atoms with Gasteiger partial charge in [0, 0.05) is 12.1 Å². The Kier molecular flexibility index (Phi) is 4.63. The normalized spacial score (nSPS) is 10.8. The standard InChI is InChI=1S/C10H8FN2O2.FHO3S/c1-12-6-2-3-7-8(11)4-5-9(10(7)12)13(14)15;1-5(2,3)4/h2-6H,1H3;(H,2,3,4)/q+1;/p-1. The molecule has 0 saturated heterocycles. The van der Waals surface area contributed by atoms with E-state index in [4.69, 9.17) is 13.0 Å². The molecule has 0 unspecified atom stereocenters. The van der Waals surface area contributed by atoms with Crippen LogP contribution in [0.1, 0.15) is 0 Å². The Morgan fingerprint density at radius 1 is 1.30 bits per heavy atom. The molecular weight excluding hydrogens is 298 g/mol. The number of fused-ring (bicyclic) bond motifs is 1. The van der Waals surface area contributed by atoms with Crippen LogP contribution in [-0.2, 0) is 17.6 Å². The van der Waals surface area contributed by atoms with Gasteiger partial charge in [-0.1, -0.05) is 0 Å². The highest BCUT2D eigenvalue weighted by atomic mass is 32.3. The number of pyridine rings is 1. The Labute approximate surface area is 112 Å². The summed E-state index contributed by atoms with van der Waals surface area (Å²) in [7, 11) is -3.77. The van der Waals surface area contributed by atoms with Crippen LogP contribution in [0.25, 0.3) is 10.9 Å². The Morgan fingerprint density at radius 3 is 2.35 bits per heavy atom. The number of nitro benzene ring substituents is 1. The maximum Gasteiger partial charge on any atom is 0.340 e. The van der Waals surface area contributed by atoms with Crippen molar-refractivity contribution in [3.8, 4) is 0 Å². The van der Waals surface area contributed by atoms with Crippen LogP contribution < -0.4 is 4.57 Å². The number of nitro groups is 1. The maximum absolute atomic E-state index is 13.4. The van der Waals surface area contributed by atoms with Crippen LogP contribution in [-0.4, -0.2) is 17.9 Å². The van der Waals surface area contributed by atoms with E-state index in [-0.39, 0.29) is 11.1 Å². The van der Waals surface area contributed by atoms with Crippen molar-refractivity contribution in [2.24, 2.45) is 7.05 Å². The molecule has 7 nitrogen and oxygen atoms in total. The molecule has 0 atom stereocenters. The van der Waals surface area contributed by atoms with Gasteiger partial charge in [-0.05, 0) is 12.1 Å². The predicted molar refractivity (Wildman–Crippen MR) is 62.5 cm³/mol. The van der Waals surface area contributed by atoms with Gasteiger partial charge in [0.15, 0.2) is 6.20 Å². The average Bonchev–Trinajstić information content (AvgIpc) is 2.28. The van der Waals surface area contributed by atoms with E-state index < -0.39 is 21.2 Å². The molecular formula is C10H8F2N2O5S. The lowest BCUT2D eigenvalue weighted by molar-refractivity contribution is -0.646. The zero-order chi connectivity index (χ0) is 15.5. The fourth-order valence-electron chi connectivity index (χ4n) is 1.59. The number of rotatable bonds is 1. The van der Waals surface area contributed by atoms with Gasteiger partial charge in [0.05, 0.1) is 10.3 Å². The molecule has 0 fully saturated rings. The minimum atomic E-state index is -5.42. The first kappa shape index (κ1) is 15.9. The van der Waals surface area contributed by atoms with Gasteiger partial charge in [-0.2, -0.15) is 4.57 Å². The van der Waals surface area contributed by atoms with Gasteiger partial charge in [-0.15, -0.1) is 3.89 Å². The summed E-state index contributed by atoms with van der Waals surface area (Å²) < 4.78 is 50.2. The van der Waals surface area contributed by atoms with Crippen LogP contribution in [0, 0.1) is 15.9 Å². The van der Waals surface area contributed by atoms with Crippen molar-refractivity contribution in [3.05, 3.63) is 46.4 Å². The number of nitrogens with zero attached hydrogens (tertiary/aromatic N) is 2. The monoisotopic (exact) mass is 306 g/mol. The van der Waals surface area contributed by atoms with Gasteiger partial charge in [0.2, 0.25) is 0 Å². The molecule has 10 heteroatoms. The Balaban J connectivity index is 0.000000347. The van der Waals surface area contributed by atoms with Gasteiger partial charge in [-0.3, -0.25) is 10.1 Å². The van der Waals surface area contributed by atoms with E-state index in [9.17, 15) is 18.4 Å². The molecule has 0 bridgehead atoms. The highest BCUT2D eigenvalue weighted by Gasteiger charge is 2.22. The Morgan fingerprint density at radius 2 is 1.85 bits per heavy atom. The molecule has 0 N–H and O–H groups in total. The number of benzene rings is 1. The lowest BCUT2D eigenvalue weighted by Crippen LogP contribution is -2.28. The number of halogens is 2. The lowest BCUT2D eigenvalue weighted by atomic mass is 10.2. The van der Waals surface area contributed by atoms with Crippen LogP contribution >= 0.6 is 0 Å². The topological polar surface area (TPSA) is 104 Å². The van der Waals surface area contributed by atoms with Crippen molar-refractivity contribution in [3.63, 3.8) is 0 Å². The van der Waals surface area contributed by atoms with E-state index in [1.54, 1.807) is 19.3 Å². The molecule has 2 aromatic rings. The Hall–Kier alpha value is -2.20. The van der Waals surface area contributed by atoms with Gasteiger partial charge in [0.25, 0.3) is 16.0 Å². The summed E-state index contributed by atoms with van der Waals surface area (Å²) in [5.41, 5.74) is 0.206. The summed E-state index contributed by atoms with van der Waals surface area (Å²) in [5.74, 6) is -0.452. The lowest BCUT2D eigenvalue weighted by Gasteiger charge is -1.98. The number of hydrogen-bond acceptors (Lipinski definition) is 5. The van der Waals surface area contributed by atoms with Gasteiger partial charge in [-0.25, -0.2) is 12.8 Å². The smallest absolute Gasteiger partial charge is 0.340 e. The maximum atomic E-state index is 13.4. The van der Waals surface area contributed by atoms with Crippen LogP contribution in [0.2, 0.25) is 0 Å². The molecule has 20 heavy (non-hydrogen) atoms. The van der Waals surface area contributed by atoms with E-state index in [1.165, 1.54) is 16.7 Å². The molecule has 1 aromatic carbocycles. The third kappa shape index (κ3) is 4.17. The molecule has 0 radical (unpaired) electrons. The zero-order valence-corrected chi connectivity index (χ0v) is 10.8. The molecule has 1 heterocycles. The van der Waals surface area contributed by atoms with Crippen molar-refractivity contribution < 1.29 is 30.7 Å². The summed E-state index contributed by atoms with van der Waals surface area (Å²) in [4.78, 5) is 10.2. The minimum absolute atomic E-state index is 0.0884.